The highest BCUT2D eigenvalue weighted by molar-refractivity contribution is 7.90. The van der Waals surface area contributed by atoms with Crippen LogP contribution in [0.4, 0.5) is 0 Å². The van der Waals surface area contributed by atoms with Crippen molar-refractivity contribution in [2.45, 2.75) is 92.9 Å². The molecule has 2 amide bonds. The molecular formula is C33H58N2O7S. The van der Waals surface area contributed by atoms with Gasteiger partial charge in [-0.05, 0) is 69.1 Å². The minimum atomic E-state index is -3.03. The number of aryl methyl sites for hydroxylation is 1. The van der Waals surface area contributed by atoms with Crippen molar-refractivity contribution in [2.24, 2.45) is 28.4 Å². The molecule has 0 saturated carbocycles. The number of nitrogens with one attached hydrogen (secondary N) is 1. The van der Waals surface area contributed by atoms with Gasteiger partial charge in [-0.25, -0.2) is 8.42 Å². The van der Waals surface area contributed by atoms with Gasteiger partial charge in [0.25, 0.3) is 0 Å². The number of rotatable bonds is 23. The van der Waals surface area contributed by atoms with E-state index in [-0.39, 0.29) is 30.0 Å². The van der Waals surface area contributed by atoms with E-state index in [0.29, 0.717) is 37.7 Å². The van der Waals surface area contributed by atoms with E-state index >= 15 is 0 Å². The number of nitrogens with two attached hydrogens (primary N) is 1. The van der Waals surface area contributed by atoms with E-state index in [4.69, 9.17) is 19.9 Å². The standard InChI is InChI=1S/C33H58N2O7S/c1-25(2)33(26(3)4,31(37)35-24-32(5,6)30(34)36)18-12-10-9-11-15-27-16-17-28(41-21-14-22-43(8,38)39)29(23-27)42-20-13-19-40-7/h16-17,23,25-26H,9-15,18-22,24H2,1-8H3,(H2,34,36)(H,35,37). The summed E-state index contributed by atoms with van der Waals surface area (Å²) in [5.41, 5.74) is 5.35. The minimum absolute atomic E-state index is 0.00322. The summed E-state index contributed by atoms with van der Waals surface area (Å²) in [6, 6.07) is 5.95. The van der Waals surface area contributed by atoms with Crippen molar-refractivity contribution in [1.82, 2.24) is 5.32 Å². The molecule has 1 rings (SSSR count). The predicted octanol–water partition coefficient (Wildman–Crippen LogP) is 5.33. The molecule has 0 aliphatic heterocycles. The van der Waals surface area contributed by atoms with Gasteiger partial charge in [0, 0.05) is 32.9 Å². The minimum Gasteiger partial charge on any atom is -0.490 e. The molecule has 0 saturated heterocycles. The Kier molecular flexibility index (Phi) is 16.6. The van der Waals surface area contributed by atoms with Crippen LogP contribution < -0.4 is 20.5 Å². The van der Waals surface area contributed by atoms with E-state index in [0.717, 1.165) is 50.5 Å². The first kappa shape index (κ1) is 38.7. The number of carbonyl (C=O) groups is 2. The van der Waals surface area contributed by atoms with E-state index in [2.05, 4.69) is 33.0 Å². The Morgan fingerprint density at radius 3 is 2.07 bits per heavy atom. The summed E-state index contributed by atoms with van der Waals surface area (Å²) in [6.07, 6.45) is 8.09. The third-order valence-electron chi connectivity index (χ3n) is 8.32. The Balaban J connectivity index is 2.73. The number of hydrogen-bond acceptors (Lipinski definition) is 7. The van der Waals surface area contributed by atoms with Crippen molar-refractivity contribution >= 4 is 21.7 Å². The highest BCUT2D eigenvalue weighted by Crippen LogP contribution is 2.41. The Labute approximate surface area is 260 Å². The predicted molar refractivity (Wildman–Crippen MR) is 173 cm³/mol. The number of sulfone groups is 1. The third-order valence-corrected chi connectivity index (χ3v) is 9.35. The Hall–Kier alpha value is -2.33. The molecule has 0 radical (unpaired) electrons. The van der Waals surface area contributed by atoms with Crippen molar-refractivity contribution in [1.29, 1.82) is 0 Å². The summed E-state index contributed by atoms with van der Waals surface area (Å²) in [7, 11) is -1.37. The number of methoxy groups -OCH3 is 1. The fourth-order valence-corrected chi connectivity index (χ4v) is 6.01. The maximum atomic E-state index is 13.5. The van der Waals surface area contributed by atoms with Gasteiger partial charge in [-0.1, -0.05) is 53.0 Å². The van der Waals surface area contributed by atoms with Gasteiger partial charge in [0.15, 0.2) is 11.5 Å². The summed E-state index contributed by atoms with van der Waals surface area (Å²) in [5, 5.41) is 3.04. The van der Waals surface area contributed by atoms with Crippen LogP contribution in [0, 0.1) is 22.7 Å². The van der Waals surface area contributed by atoms with Gasteiger partial charge in [-0.3, -0.25) is 9.59 Å². The smallest absolute Gasteiger partial charge is 0.226 e. The van der Waals surface area contributed by atoms with Gasteiger partial charge >= 0.3 is 0 Å². The lowest BCUT2D eigenvalue weighted by Crippen LogP contribution is -2.51. The molecule has 43 heavy (non-hydrogen) atoms. The number of benzene rings is 1. The lowest BCUT2D eigenvalue weighted by atomic mass is 9.65. The van der Waals surface area contributed by atoms with E-state index in [9.17, 15) is 18.0 Å². The first-order chi connectivity index (χ1) is 20.1. The number of primary amides is 1. The fraction of sp³-hybridized carbons (Fsp3) is 0.758. The molecule has 0 aliphatic rings. The molecule has 248 valence electrons. The largest absolute Gasteiger partial charge is 0.490 e. The second-order valence-corrected chi connectivity index (χ2v) is 15.3. The van der Waals surface area contributed by atoms with Crippen LogP contribution in [0.5, 0.6) is 11.5 Å². The zero-order chi connectivity index (χ0) is 32.7. The summed E-state index contributed by atoms with van der Waals surface area (Å²) in [5.74, 6) is 1.25. The van der Waals surface area contributed by atoms with E-state index in [1.165, 1.54) is 6.26 Å². The van der Waals surface area contributed by atoms with Gasteiger partial charge in [-0.2, -0.15) is 0 Å². The number of amides is 2. The lowest BCUT2D eigenvalue weighted by molar-refractivity contribution is -0.138. The van der Waals surface area contributed by atoms with E-state index in [1.54, 1.807) is 21.0 Å². The molecule has 1 aromatic rings. The van der Waals surface area contributed by atoms with Gasteiger partial charge in [0.05, 0.1) is 29.8 Å². The SMILES string of the molecule is COCCCOc1cc(CCCCCCC(C(=O)NCC(C)(C)C(N)=O)(C(C)C)C(C)C)ccc1OCCCS(C)(=O)=O. The van der Waals surface area contributed by atoms with Crippen LogP contribution in [0.2, 0.25) is 0 Å². The zero-order valence-corrected chi connectivity index (χ0v) is 28.7. The van der Waals surface area contributed by atoms with Crippen molar-refractivity contribution in [3.05, 3.63) is 23.8 Å². The molecule has 0 aromatic heterocycles. The van der Waals surface area contributed by atoms with Gasteiger partial charge in [0.1, 0.15) is 9.84 Å². The van der Waals surface area contributed by atoms with Crippen molar-refractivity contribution in [2.75, 3.05) is 45.5 Å². The van der Waals surface area contributed by atoms with E-state index < -0.39 is 26.6 Å². The van der Waals surface area contributed by atoms with Crippen molar-refractivity contribution in [3.63, 3.8) is 0 Å². The summed E-state index contributed by atoms with van der Waals surface area (Å²) >= 11 is 0. The molecule has 9 nitrogen and oxygen atoms in total. The quantitative estimate of drug-likeness (QED) is 0.157. The summed E-state index contributed by atoms with van der Waals surface area (Å²) in [4.78, 5) is 25.3. The first-order valence-corrected chi connectivity index (χ1v) is 17.8. The summed E-state index contributed by atoms with van der Waals surface area (Å²) in [6.45, 7) is 13.5. The van der Waals surface area contributed by atoms with Gasteiger partial charge < -0.3 is 25.3 Å². The van der Waals surface area contributed by atoms with Crippen LogP contribution in [-0.2, 0) is 30.6 Å². The fourth-order valence-electron chi connectivity index (χ4n) is 5.36. The maximum absolute atomic E-state index is 13.5. The Bertz CT molecular complexity index is 1090. The second-order valence-electron chi connectivity index (χ2n) is 13.0. The molecule has 10 heteroatoms. The lowest BCUT2D eigenvalue weighted by Gasteiger charge is -2.41. The molecule has 0 bridgehead atoms. The number of unbranched alkanes of at least 4 members (excludes halogenated alkanes) is 3. The first-order valence-electron chi connectivity index (χ1n) is 15.7. The normalized spacial score (nSPS) is 12.5. The maximum Gasteiger partial charge on any atom is 0.226 e. The van der Waals surface area contributed by atoms with Crippen LogP contribution in [0.3, 0.4) is 0 Å². The topological polar surface area (TPSA) is 134 Å². The number of carbonyl (C=O) groups excluding carboxylic acids is 2. The highest BCUT2D eigenvalue weighted by Gasteiger charge is 2.44. The van der Waals surface area contributed by atoms with Crippen LogP contribution in [0.15, 0.2) is 18.2 Å². The Morgan fingerprint density at radius 1 is 0.884 bits per heavy atom. The van der Waals surface area contributed by atoms with Crippen LogP contribution in [-0.4, -0.2) is 65.7 Å². The number of ether oxygens (including phenoxy) is 3. The van der Waals surface area contributed by atoms with Gasteiger partial charge in [0.2, 0.25) is 11.8 Å². The summed E-state index contributed by atoms with van der Waals surface area (Å²) < 4.78 is 39.8. The molecule has 0 fully saturated rings. The van der Waals surface area contributed by atoms with Crippen LogP contribution >= 0.6 is 0 Å². The average Bonchev–Trinajstić information content (AvgIpc) is 2.91. The molecule has 0 heterocycles. The molecular weight excluding hydrogens is 568 g/mol. The average molecular weight is 627 g/mol. The molecule has 0 spiro atoms. The van der Waals surface area contributed by atoms with E-state index in [1.807, 2.05) is 18.2 Å². The van der Waals surface area contributed by atoms with Crippen LogP contribution in [0.25, 0.3) is 0 Å². The second kappa shape index (κ2) is 18.5. The molecule has 0 unspecified atom stereocenters. The monoisotopic (exact) mass is 626 g/mol. The highest BCUT2D eigenvalue weighted by atomic mass is 32.2. The molecule has 3 N–H and O–H groups in total. The van der Waals surface area contributed by atoms with Crippen molar-refractivity contribution < 1.29 is 32.2 Å². The van der Waals surface area contributed by atoms with Crippen molar-refractivity contribution in [3.8, 4) is 11.5 Å². The molecule has 0 aliphatic carbocycles. The Morgan fingerprint density at radius 2 is 1.49 bits per heavy atom. The van der Waals surface area contributed by atoms with Crippen LogP contribution in [0.1, 0.15) is 92.1 Å². The third kappa shape index (κ3) is 13.5. The molecule has 0 atom stereocenters. The zero-order valence-electron chi connectivity index (χ0n) is 27.9. The number of hydrogen-bond donors (Lipinski definition) is 2. The van der Waals surface area contributed by atoms with Gasteiger partial charge in [-0.15, -0.1) is 0 Å². The molecule has 1 aromatic carbocycles.